The summed E-state index contributed by atoms with van der Waals surface area (Å²) in [6.45, 7) is 0. The molecule has 14 aromatic rings. The lowest BCUT2D eigenvalue weighted by Crippen LogP contribution is -2.00. The van der Waals surface area contributed by atoms with Gasteiger partial charge >= 0.3 is 0 Å². The molecule has 0 N–H and O–H groups in total. The third-order valence-corrected chi connectivity index (χ3v) is 13.2. The van der Waals surface area contributed by atoms with Crippen molar-refractivity contribution in [2.24, 2.45) is 0 Å². The van der Waals surface area contributed by atoms with Gasteiger partial charge in [-0.15, -0.1) is 0 Å². The van der Waals surface area contributed by atoms with Crippen LogP contribution in [0.15, 0.2) is 227 Å². The lowest BCUT2D eigenvalue weighted by Gasteiger charge is -2.14. The highest BCUT2D eigenvalue weighted by Crippen LogP contribution is 2.43. The van der Waals surface area contributed by atoms with Crippen LogP contribution in [0.4, 0.5) is 0 Å². The predicted molar refractivity (Wildman–Crippen MR) is 273 cm³/mol. The Kier molecular flexibility index (Phi) is 8.18. The summed E-state index contributed by atoms with van der Waals surface area (Å²) in [5.74, 6) is 1.77. The van der Waals surface area contributed by atoms with Crippen molar-refractivity contribution in [1.82, 2.24) is 19.5 Å². The molecule has 14 rings (SSSR count). The predicted octanol–water partition coefficient (Wildman–Crippen LogP) is 16.3. The van der Waals surface area contributed by atoms with Crippen LogP contribution in [0, 0.1) is 0 Å². The van der Waals surface area contributed by atoms with E-state index in [2.05, 4.69) is 156 Å². The Bertz CT molecular complexity index is 4280. The second-order valence-electron chi connectivity index (χ2n) is 17.1. The van der Waals surface area contributed by atoms with Crippen molar-refractivity contribution >= 4 is 76.5 Å². The number of hydrogen-bond donors (Lipinski definition) is 0. The maximum atomic E-state index is 6.29. The third-order valence-electron chi connectivity index (χ3n) is 13.2. The molecule has 0 radical (unpaired) electrons. The van der Waals surface area contributed by atoms with E-state index in [1.165, 1.54) is 21.5 Å². The van der Waals surface area contributed by atoms with Gasteiger partial charge in [0.15, 0.2) is 17.5 Å². The van der Waals surface area contributed by atoms with Gasteiger partial charge in [0.1, 0.15) is 22.3 Å². The first-order valence-electron chi connectivity index (χ1n) is 22.5. The van der Waals surface area contributed by atoms with Gasteiger partial charge in [0, 0.05) is 60.3 Å². The van der Waals surface area contributed by atoms with E-state index in [-0.39, 0.29) is 0 Å². The van der Waals surface area contributed by atoms with E-state index in [0.29, 0.717) is 17.5 Å². The number of fused-ring (bicyclic) bond motifs is 11. The summed E-state index contributed by atoms with van der Waals surface area (Å²) in [6.07, 6.45) is 0. The fraction of sp³-hybridized carbons (Fsp3) is 0. The Hall–Kier alpha value is -9.13. The average Bonchev–Trinajstić information content (AvgIpc) is 4.08. The van der Waals surface area contributed by atoms with Crippen molar-refractivity contribution in [3.8, 4) is 62.1 Å². The standard InChI is InChI=1S/C61H36N4O2/c1-2-13-38(14-3-1)59-62-60(64-61(63-59)43-26-31-49-47-18-6-8-22-53(47)67-56(49)36-43)39-24-29-44(30-25-39)65-52-32-27-37-12-4-5-17-45(37)57(52)50-21-11-20-46(58(50)65)42-16-10-15-40(34-42)41-28-33-55-51(35-41)48-19-7-9-23-54(48)66-55/h1-36H. The van der Waals surface area contributed by atoms with Crippen LogP contribution in [0.25, 0.3) is 139 Å². The molecule has 0 atom stereocenters. The van der Waals surface area contributed by atoms with Crippen LogP contribution in [0.3, 0.4) is 0 Å². The van der Waals surface area contributed by atoms with E-state index in [1.54, 1.807) is 0 Å². The lowest BCUT2D eigenvalue weighted by atomic mass is 9.96. The van der Waals surface area contributed by atoms with Crippen LogP contribution in [0.2, 0.25) is 0 Å². The van der Waals surface area contributed by atoms with Crippen LogP contribution in [0.5, 0.6) is 0 Å². The molecule has 0 spiro atoms. The molecule has 0 aliphatic carbocycles. The first kappa shape index (κ1) is 37.3. The summed E-state index contributed by atoms with van der Waals surface area (Å²) in [4.78, 5) is 15.2. The minimum atomic E-state index is 0.578. The molecule has 0 aliphatic heterocycles. The van der Waals surface area contributed by atoms with E-state index in [4.69, 9.17) is 23.8 Å². The van der Waals surface area contributed by atoms with Crippen molar-refractivity contribution in [3.05, 3.63) is 218 Å². The first-order valence-corrected chi connectivity index (χ1v) is 22.5. The van der Waals surface area contributed by atoms with Gasteiger partial charge in [-0.25, -0.2) is 15.0 Å². The molecule has 4 aromatic heterocycles. The molecular weight excluding hydrogens is 821 g/mol. The van der Waals surface area contributed by atoms with Crippen molar-refractivity contribution in [2.45, 2.75) is 0 Å². The maximum absolute atomic E-state index is 6.29. The summed E-state index contributed by atoms with van der Waals surface area (Å²) in [5, 5.41) is 9.23. The summed E-state index contributed by atoms with van der Waals surface area (Å²) < 4.78 is 14.9. The SMILES string of the molecule is c1ccc(-c2nc(-c3ccc(-n4c5ccc6ccccc6c5c5cccc(-c6cccc(-c7ccc8oc9ccccc9c8c7)c6)c54)cc3)nc(-c3ccc4c(c3)oc3ccccc34)n2)cc1. The highest BCUT2D eigenvalue weighted by molar-refractivity contribution is 6.23. The fourth-order valence-electron chi connectivity index (χ4n) is 10.1. The summed E-state index contributed by atoms with van der Waals surface area (Å²) in [7, 11) is 0. The van der Waals surface area contributed by atoms with Gasteiger partial charge in [0.2, 0.25) is 0 Å². The molecule has 10 aromatic carbocycles. The molecular formula is C61H36N4O2. The van der Waals surface area contributed by atoms with Crippen molar-refractivity contribution in [3.63, 3.8) is 0 Å². The molecule has 0 amide bonds. The average molecular weight is 857 g/mol. The van der Waals surface area contributed by atoms with Crippen molar-refractivity contribution in [2.75, 3.05) is 0 Å². The summed E-state index contributed by atoms with van der Waals surface area (Å²) in [5.41, 5.74) is 14.0. The normalized spacial score (nSPS) is 11.9. The van der Waals surface area contributed by atoms with Crippen LogP contribution in [-0.2, 0) is 0 Å². The number of para-hydroxylation sites is 3. The van der Waals surface area contributed by atoms with Crippen LogP contribution in [0.1, 0.15) is 0 Å². The zero-order valence-corrected chi connectivity index (χ0v) is 35.9. The van der Waals surface area contributed by atoms with Crippen LogP contribution in [-0.4, -0.2) is 19.5 Å². The highest BCUT2D eigenvalue weighted by Gasteiger charge is 2.20. The number of nitrogens with zero attached hydrogens (tertiary/aromatic N) is 4. The van der Waals surface area contributed by atoms with Gasteiger partial charge in [-0.1, -0.05) is 146 Å². The maximum Gasteiger partial charge on any atom is 0.164 e. The molecule has 67 heavy (non-hydrogen) atoms. The minimum absolute atomic E-state index is 0.578. The van der Waals surface area contributed by atoms with Gasteiger partial charge in [0.05, 0.1) is 11.0 Å². The van der Waals surface area contributed by atoms with Crippen LogP contribution >= 0.6 is 0 Å². The van der Waals surface area contributed by atoms with Crippen LogP contribution < -0.4 is 0 Å². The Morgan fingerprint density at radius 3 is 1.67 bits per heavy atom. The lowest BCUT2D eigenvalue weighted by molar-refractivity contribution is 0.668. The van der Waals surface area contributed by atoms with Crippen molar-refractivity contribution in [1.29, 1.82) is 0 Å². The minimum Gasteiger partial charge on any atom is -0.456 e. The zero-order chi connectivity index (χ0) is 44.0. The van der Waals surface area contributed by atoms with E-state index >= 15 is 0 Å². The number of hydrogen-bond acceptors (Lipinski definition) is 5. The quantitative estimate of drug-likeness (QED) is 0.167. The molecule has 0 unspecified atom stereocenters. The van der Waals surface area contributed by atoms with E-state index in [0.717, 1.165) is 99.5 Å². The monoisotopic (exact) mass is 856 g/mol. The molecule has 0 fully saturated rings. The van der Waals surface area contributed by atoms with Gasteiger partial charge in [-0.2, -0.15) is 0 Å². The molecule has 4 heterocycles. The zero-order valence-electron chi connectivity index (χ0n) is 35.9. The Labute approximate surface area is 383 Å². The summed E-state index contributed by atoms with van der Waals surface area (Å²) in [6, 6.07) is 76.6. The smallest absolute Gasteiger partial charge is 0.164 e. The van der Waals surface area contributed by atoms with Gasteiger partial charge in [-0.3, -0.25) is 0 Å². The summed E-state index contributed by atoms with van der Waals surface area (Å²) >= 11 is 0. The number of furan rings is 2. The molecule has 6 heteroatoms. The molecule has 0 bridgehead atoms. The van der Waals surface area contributed by atoms with Gasteiger partial charge in [-0.05, 0) is 100 Å². The first-order chi connectivity index (χ1) is 33.2. The molecule has 6 nitrogen and oxygen atoms in total. The van der Waals surface area contributed by atoms with Gasteiger partial charge in [0.25, 0.3) is 0 Å². The Morgan fingerprint density at radius 1 is 0.313 bits per heavy atom. The second kappa shape index (κ2) is 14.7. The van der Waals surface area contributed by atoms with E-state index in [9.17, 15) is 0 Å². The van der Waals surface area contributed by atoms with E-state index < -0.39 is 0 Å². The highest BCUT2D eigenvalue weighted by atomic mass is 16.3. The third kappa shape index (κ3) is 6.00. The number of rotatable bonds is 6. The van der Waals surface area contributed by atoms with Crippen molar-refractivity contribution < 1.29 is 8.83 Å². The topological polar surface area (TPSA) is 69.9 Å². The molecule has 0 saturated carbocycles. The molecule has 312 valence electrons. The Balaban J connectivity index is 0.923. The fourth-order valence-corrected chi connectivity index (χ4v) is 10.1. The molecule has 0 saturated heterocycles. The largest absolute Gasteiger partial charge is 0.456 e. The number of aromatic nitrogens is 4. The number of benzene rings is 10. The van der Waals surface area contributed by atoms with E-state index in [1.807, 2.05) is 66.7 Å². The Morgan fingerprint density at radius 2 is 0.866 bits per heavy atom. The van der Waals surface area contributed by atoms with Gasteiger partial charge < -0.3 is 13.4 Å². The second-order valence-corrected chi connectivity index (χ2v) is 17.1. The molecule has 0 aliphatic rings.